The minimum Gasteiger partial charge on any atom is -0.0925 e. The zero-order chi connectivity index (χ0) is 9.84. The molecule has 1 aromatic carbocycles. The predicted octanol–water partition coefficient (Wildman–Crippen LogP) is 4.57. The summed E-state index contributed by atoms with van der Waals surface area (Å²) in [5, 5.41) is 2.50. The van der Waals surface area contributed by atoms with Gasteiger partial charge in [0, 0.05) is 15.4 Å². The molecular weight excluding hydrogens is 271 g/mol. The lowest BCUT2D eigenvalue weighted by molar-refractivity contribution is 0.663. The highest BCUT2D eigenvalue weighted by Gasteiger charge is 2.08. The average Bonchev–Trinajstić information content (AvgIpc) is 2.11. The fourth-order valence-corrected chi connectivity index (χ4v) is 1.91. The number of rotatable bonds is 3. The van der Waals surface area contributed by atoms with E-state index in [4.69, 9.17) is 23.2 Å². The summed E-state index contributed by atoms with van der Waals surface area (Å²) in [7, 11) is 0. The van der Waals surface area contributed by atoms with Gasteiger partial charge in [0.2, 0.25) is 0 Å². The lowest BCUT2D eigenvalue weighted by Crippen LogP contribution is -2.01. The molecule has 0 saturated heterocycles. The second-order valence-corrected chi connectivity index (χ2v) is 4.63. The van der Waals surface area contributed by atoms with Gasteiger partial charge in [-0.05, 0) is 30.0 Å². The van der Waals surface area contributed by atoms with Crippen LogP contribution in [0.1, 0.15) is 12.5 Å². The normalized spacial score (nSPS) is 12.9. The van der Waals surface area contributed by atoms with Crippen molar-refractivity contribution >= 4 is 39.1 Å². The second kappa shape index (κ2) is 5.23. The van der Waals surface area contributed by atoms with E-state index in [1.807, 2.05) is 18.2 Å². The van der Waals surface area contributed by atoms with Crippen molar-refractivity contribution in [3.63, 3.8) is 0 Å². The number of halogens is 3. The van der Waals surface area contributed by atoms with Crippen LogP contribution >= 0.6 is 39.1 Å². The molecule has 0 aliphatic heterocycles. The number of hydrogen-bond acceptors (Lipinski definition) is 0. The van der Waals surface area contributed by atoms with Gasteiger partial charge in [0.25, 0.3) is 0 Å². The second-order valence-electron chi connectivity index (χ2n) is 3.16. The molecule has 1 atom stereocenters. The van der Waals surface area contributed by atoms with Gasteiger partial charge in [0.05, 0.1) is 0 Å². The van der Waals surface area contributed by atoms with E-state index in [1.165, 1.54) is 0 Å². The fourth-order valence-electron chi connectivity index (χ4n) is 1.13. The third kappa shape index (κ3) is 3.16. The highest BCUT2D eigenvalue weighted by atomic mass is 79.9. The van der Waals surface area contributed by atoms with Gasteiger partial charge in [-0.2, -0.15) is 0 Å². The van der Waals surface area contributed by atoms with Crippen LogP contribution in [0.15, 0.2) is 18.2 Å². The van der Waals surface area contributed by atoms with Crippen LogP contribution in [0.3, 0.4) is 0 Å². The summed E-state index contributed by atoms with van der Waals surface area (Å²) in [4.78, 5) is 0. The summed E-state index contributed by atoms with van der Waals surface area (Å²) < 4.78 is 0. The lowest BCUT2D eigenvalue weighted by Gasteiger charge is -2.10. The molecule has 0 aliphatic carbocycles. The summed E-state index contributed by atoms with van der Waals surface area (Å²) in [6, 6.07) is 5.63. The standard InChI is InChI=1S/C10H11BrCl2/c1-7(6-11)5-8-9(12)3-2-4-10(8)13/h2-4,7H,5-6H2,1H3. The molecule has 0 N–H and O–H groups in total. The zero-order valence-corrected chi connectivity index (χ0v) is 10.5. The first kappa shape index (κ1) is 11.4. The molecule has 1 unspecified atom stereocenters. The van der Waals surface area contributed by atoms with Gasteiger partial charge < -0.3 is 0 Å². The van der Waals surface area contributed by atoms with Crippen LogP contribution in [0.5, 0.6) is 0 Å². The van der Waals surface area contributed by atoms with Crippen molar-refractivity contribution in [3.05, 3.63) is 33.8 Å². The van der Waals surface area contributed by atoms with Gasteiger partial charge in [0.15, 0.2) is 0 Å². The van der Waals surface area contributed by atoms with Crippen molar-refractivity contribution < 1.29 is 0 Å². The molecule has 0 amide bonds. The van der Waals surface area contributed by atoms with E-state index in [-0.39, 0.29) is 0 Å². The van der Waals surface area contributed by atoms with E-state index in [9.17, 15) is 0 Å². The van der Waals surface area contributed by atoms with Crippen molar-refractivity contribution in [2.45, 2.75) is 13.3 Å². The Morgan fingerprint density at radius 1 is 1.31 bits per heavy atom. The number of benzene rings is 1. The largest absolute Gasteiger partial charge is 0.0925 e. The van der Waals surface area contributed by atoms with Crippen LogP contribution in [0, 0.1) is 5.92 Å². The molecule has 0 spiro atoms. The van der Waals surface area contributed by atoms with Gasteiger partial charge in [0.1, 0.15) is 0 Å². The van der Waals surface area contributed by atoms with Crippen LogP contribution in [0.25, 0.3) is 0 Å². The summed E-state index contributed by atoms with van der Waals surface area (Å²) in [5.74, 6) is 0.553. The molecule has 0 saturated carbocycles. The Morgan fingerprint density at radius 3 is 2.31 bits per heavy atom. The van der Waals surface area contributed by atoms with Gasteiger partial charge in [-0.3, -0.25) is 0 Å². The molecule has 0 fully saturated rings. The number of hydrogen-bond donors (Lipinski definition) is 0. The SMILES string of the molecule is CC(CBr)Cc1c(Cl)cccc1Cl. The van der Waals surface area contributed by atoms with Crippen LogP contribution in [-0.4, -0.2) is 5.33 Å². The number of alkyl halides is 1. The monoisotopic (exact) mass is 280 g/mol. The third-order valence-electron chi connectivity index (χ3n) is 1.88. The predicted molar refractivity (Wildman–Crippen MR) is 63.1 cm³/mol. The molecule has 0 heterocycles. The van der Waals surface area contributed by atoms with E-state index < -0.39 is 0 Å². The van der Waals surface area contributed by atoms with Crippen molar-refractivity contribution in [2.75, 3.05) is 5.33 Å². The van der Waals surface area contributed by atoms with Gasteiger partial charge in [-0.25, -0.2) is 0 Å². The minimum atomic E-state index is 0.553. The van der Waals surface area contributed by atoms with E-state index in [0.29, 0.717) is 5.92 Å². The molecule has 0 nitrogen and oxygen atoms in total. The van der Waals surface area contributed by atoms with E-state index >= 15 is 0 Å². The summed E-state index contributed by atoms with van der Waals surface area (Å²) in [6.07, 6.45) is 0.920. The average molecular weight is 282 g/mol. The Morgan fingerprint density at radius 2 is 1.85 bits per heavy atom. The maximum absolute atomic E-state index is 6.03. The first-order chi connectivity index (χ1) is 6.15. The summed E-state index contributed by atoms with van der Waals surface area (Å²) in [6.45, 7) is 2.16. The van der Waals surface area contributed by atoms with Crippen LogP contribution < -0.4 is 0 Å². The Kier molecular flexibility index (Phi) is 4.57. The Bertz CT molecular complexity index is 266. The van der Waals surface area contributed by atoms with Crippen molar-refractivity contribution in [2.24, 2.45) is 5.92 Å². The molecule has 0 bridgehead atoms. The zero-order valence-electron chi connectivity index (χ0n) is 7.36. The Balaban J connectivity index is 2.87. The smallest absolute Gasteiger partial charge is 0.0452 e. The van der Waals surface area contributed by atoms with E-state index in [2.05, 4.69) is 22.9 Å². The topological polar surface area (TPSA) is 0 Å². The summed E-state index contributed by atoms with van der Waals surface area (Å²) >= 11 is 15.5. The molecule has 0 aliphatic rings. The first-order valence-electron chi connectivity index (χ1n) is 4.14. The van der Waals surface area contributed by atoms with Crippen LogP contribution in [0.2, 0.25) is 10.0 Å². The lowest BCUT2D eigenvalue weighted by atomic mass is 10.0. The molecule has 13 heavy (non-hydrogen) atoms. The molecule has 3 heteroatoms. The summed E-state index contributed by atoms with van der Waals surface area (Å²) in [5.41, 5.74) is 1.05. The third-order valence-corrected chi connectivity index (χ3v) is 3.69. The Hall–Kier alpha value is 0.280. The molecule has 72 valence electrons. The Labute approximate surface area is 97.4 Å². The highest BCUT2D eigenvalue weighted by molar-refractivity contribution is 9.09. The van der Waals surface area contributed by atoms with E-state index in [1.54, 1.807) is 0 Å². The van der Waals surface area contributed by atoms with Gasteiger partial charge in [-0.15, -0.1) is 0 Å². The molecule has 1 rings (SSSR count). The first-order valence-corrected chi connectivity index (χ1v) is 6.01. The van der Waals surface area contributed by atoms with Crippen molar-refractivity contribution in [1.29, 1.82) is 0 Å². The quantitative estimate of drug-likeness (QED) is 0.712. The van der Waals surface area contributed by atoms with E-state index in [0.717, 1.165) is 27.4 Å². The fraction of sp³-hybridized carbons (Fsp3) is 0.400. The molecule has 0 radical (unpaired) electrons. The molecular formula is C10H11BrCl2. The van der Waals surface area contributed by atoms with Gasteiger partial charge >= 0.3 is 0 Å². The molecule has 0 aromatic heterocycles. The minimum absolute atomic E-state index is 0.553. The van der Waals surface area contributed by atoms with Crippen molar-refractivity contribution in [1.82, 2.24) is 0 Å². The van der Waals surface area contributed by atoms with Crippen LogP contribution in [-0.2, 0) is 6.42 Å². The maximum atomic E-state index is 6.03. The van der Waals surface area contributed by atoms with Gasteiger partial charge in [-0.1, -0.05) is 52.1 Å². The van der Waals surface area contributed by atoms with Crippen molar-refractivity contribution in [3.8, 4) is 0 Å². The molecule has 1 aromatic rings. The van der Waals surface area contributed by atoms with Crippen LogP contribution in [0.4, 0.5) is 0 Å². The highest BCUT2D eigenvalue weighted by Crippen LogP contribution is 2.27. The maximum Gasteiger partial charge on any atom is 0.0452 e.